The van der Waals surface area contributed by atoms with Crippen molar-refractivity contribution in [3.63, 3.8) is 0 Å². The van der Waals surface area contributed by atoms with E-state index in [-0.39, 0.29) is 0 Å². The molecule has 18 heavy (non-hydrogen) atoms. The Labute approximate surface area is 107 Å². The van der Waals surface area contributed by atoms with E-state index in [9.17, 15) is 0 Å². The molecule has 94 valence electrons. The van der Waals surface area contributed by atoms with Crippen LogP contribution in [0.25, 0.3) is 0 Å². The van der Waals surface area contributed by atoms with E-state index < -0.39 is 0 Å². The van der Waals surface area contributed by atoms with Crippen molar-refractivity contribution >= 4 is 0 Å². The Hall–Kier alpha value is -2.16. The Kier molecular flexibility index (Phi) is 3.72. The fraction of sp³-hybridized carbons (Fsp3) is 0.200. The standard InChI is InChI=1S/C15H16O3/c1-11-9-13(16-2)15(17-3)14(10-11)18-12-7-5-4-6-8-12/h4-10H,1-3H3. The summed E-state index contributed by atoms with van der Waals surface area (Å²) in [5, 5.41) is 0. The first-order chi connectivity index (χ1) is 8.74. The van der Waals surface area contributed by atoms with E-state index in [1.165, 1.54) is 0 Å². The summed E-state index contributed by atoms with van der Waals surface area (Å²) in [5.74, 6) is 2.69. The maximum Gasteiger partial charge on any atom is 0.203 e. The van der Waals surface area contributed by atoms with E-state index in [0.29, 0.717) is 17.2 Å². The molecule has 0 spiro atoms. The second-order valence-electron chi connectivity index (χ2n) is 3.91. The molecule has 0 aliphatic rings. The molecule has 0 bridgehead atoms. The Balaban J connectivity index is 2.40. The zero-order valence-corrected chi connectivity index (χ0v) is 10.8. The maximum absolute atomic E-state index is 5.82. The molecule has 3 heteroatoms. The van der Waals surface area contributed by atoms with Crippen molar-refractivity contribution < 1.29 is 14.2 Å². The van der Waals surface area contributed by atoms with Crippen LogP contribution < -0.4 is 14.2 Å². The molecule has 0 aromatic heterocycles. The van der Waals surface area contributed by atoms with E-state index >= 15 is 0 Å². The first-order valence-corrected chi connectivity index (χ1v) is 5.70. The predicted molar refractivity (Wildman–Crippen MR) is 70.8 cm³/mol. The van der Waals surface area contributed by atoms with Crippen molar-refractivity contribution in [3.05, 3.63) is 48.0 Å². The molecule has 0 aliphatic heterocycles. The van der Waals surface area contributed by atoms with Crippen LogP contribution in [0.3, 0.4) is 0 Å². The van der Waals surface area contributed by atoms with Crippen LogP contribution in [0.1, 0.15) is 5.56 Å². The first kappa shape index (κ1) is 12.3. The Morgan fingerprint density at radius 2 is 1.50 bits per heavy atom. The van der Waals surface area contributed by atoms with E-state index in [0.717, 1.165) is 11.3 Å². The number of methoxy groups -OCH3 is 2. The molecule has 2 aromatic rings. The van der Waals surface area contributed by atoms with Gasteiger partial charge in [-0.3, -0.25) is 0 Å². The summed E-state index contributed by atoms with van der Waals surface area (Å²) in [6.07, 6.45) is 0. The molecular formula is C15H16O3. The highest BCUT2D eigenvalue weighted by molar-refractivity contribution is 5.54. The molecule has 0 unspecified atom stereocenters. The molecule has 0 atom stereocenters. The molecule has 0 fully saturated rings. The predicted octanol–water partition coefficient (Wildman–Crippen LogP) is 3.80. The van der Waals surface area contributed by atoms with Gasteiger partial charge in [0.1, 0.15) is 5.75 Å². The summed E-state index contributed by atoms with van der Waals surface area (Å²) in [5.41, 5.74) is 1.05. The third-order valence-electron chi connectivity index (χ3n) is 2.56. The smallest absolute Gasteiger partial charge is 0.203 e. The Bertz CT molecular complexity index is 521. The highest BCUT2D eigenvalue weighted by Gasteiger charge is 2.13. The largest absolute Gasteiger partial charge is 0.493 e. The van der Waals surface area contributed by atoms with Gasteiger partial charge in [0.05, 0.1) is 14.2 Å². The lowest BCUT2D eigenvalue weighted by Gasteiger charge is -2.14. The second kappa shape index (κ2) is 5.45. The van der Waals surface area contributed by atoms with Gasteiger partial charge in [-0.1, -0.05) is 18.2 Å². The lowest BCUT2D eigenvalue weighted by Crippen LogP contribution is -1.95. The third kappa shape index (κ3) is 2.56. The topological polar surface area (TPSA) is 27.7 Å². The van der Waals surface area contributed by atoms with E-state index in [2.05, 4.69) is 0 Å². The van der Waals surface area contributed by atoms with Crippen LogP contribution >= 0.6 is 0 Å². The number of para-hydroxylation sites is 1. The van der Waals surface area contributed by atoms with Crippen molar-refractivity contribution in [3.8, 4) is 23.0 Å². The Morgan fingerprint density at radius 3 is 2.11 bits per heavy atom. The van der Waals surface area contributed by atoms with Crippen LogP contribution in [0.4, 0.5) is 0 Å². The summed E-state index contributed by atoms with van der Waals surface area (Å²) in [4.78, 5) is 0. The monoisotopic (exact) mass is 244 g/mol. The highest BCUT2D eigenvalue weighted by Crippen LogP contribution is 2.40. The second-order valence-corrected chi connectivity index (χ2v) is 3.91. The molecule has 2 rings (SSSR count). The molecule has 0 radical (unpaired) electrons. The van der Waals surface area contributed by atoms with Crippen molar-refractivity contribution in [2.45, 2.75) is 6.92 Å². The van der Waals surface area contributed by atoms with Gasteiger partial charge < -0.3 is 14.2 Å². The molecule has 0 N–H and O–H groups in total. The zero-order valence-electron chi connectivity index (χ0n) is 10.8. The van der Waals surface area contributed by atoms with Crippen molar-refractivity contribution in [2.24, 2.45) is 0 Å². The zero-order chi connectivity index (χ0) is 13.0. The van der Waals surface area contributed by atoms with Gasteiger partial charge in [0.15, 0.2) is 11.5 Å². The van der Waals surface area contributed by atoms with Gasteiger partial charge in [-0.25, -0.2) is 0 Å². The summed E-state index contributed by atoms with van der Waals surface area (Å²) in [6, 6.07) is 13.4. The number of hydrogen-bond acceptors (Lipinski definition) is 3. The molecular weight excluding hydrogens is 228 g/mol. The highest BCUT2D eigenvalue weighted by atomic mass is 16.5. The van der Waals surface area contributed by atoms with Gasteiger partial charge in [0.2, 0.25) is 5.75 Å². The maximum atomic E-state index is 5.82. The fourth-order valence-electron chi connectivity index (χ4n) is 1.75. The van der Waals surface area contributed by atoms with E-state index in [1.54, 1.807) is 14.2 Å². The number of ether oxygens (including phenoxy) is 3. The molecule has 2 aromatic carbocycles. The molecule has 0 heterocycles. The Morgan fingerprint density at radius 1 is 0.833 bits per heavy atom. The van der Waals surface area contributed by atoms with Gasteiger partial charge in [-0.2, -0.15) is 0 Å². The van der Waals surface area contributed by atoms with Gasteiger partial charge in [0.25, 0.3) is 0 Å². The lowest BCUT2D eigenvalue weighted by molar-refractivity contribution is 0.336. The van der Waals surface area contributed by atoms with Crippen LogP contribution in [-0.4, -0.2) is 14.2 Å². The summed E-state index contributed by atoms with van der Waals surface area (Å²) < 4.78 is 16.5. The number of hydrogen-bond donors (Lipinski definition) is 0. The van der Waals surface area contributed by atoms with Crippen LogP contribution in [-0.2, 0) is 0 Å². The minimum absolute atomic E-state index is 0.604. The minimum atomic E-state index is 0.604. The lowest BCUT2D eigenvalue weighted by atomic mass is 10.2. The van der Waals surface area contributed by atoms with Gasteiger partial charge in [-0.05, 0) is 36.8 Å². The van der Waals surface area contributed by atoms with E-state index in [4.69, 9.17) is 14.2 Å². The first-order valence-electron chi connectivity index (χ1n) is 5.70. The fourth-order valence-corrected chi connectivity index (χ4v) is 1.75. The summed E-state index contributed by atoms with van der Waals surface area (Å²) in [6.45, 7) is 1.99. The van der Waals surface area contributed by atoms with Crippen LogP contribution in [0.5, 0.6) is 23.0 Å². The quantitative estimate of drug-likeness (QED) is 0.818. The van der Waals surface area contributed by atoms with Crippen molar-refractivity contribution in [1.29, 1.82) is 0 Å². The molecule has 0 aliphatic carbocycles. The third-order valence-corrected chi connectivity index (χ3v) is 2.56. The molecule has 0 saturated carbocycles. The number of rotatable bonds is 4. The molecule has 0 amide bonds. The van der Waals surface area contributed by atoms with Crippen LogP contribution in [0, 0.1) is 6.92 Å². The van der Waals surface area contributed by atoms with Gasteiger partial charge >= 0.3 is 0 Å². The average Bonchev–Trinajstić information content (AvgIpc) is 2.39. The number of aryl methyl sites for hydroxylation is 1. The van der Waals surface area contributed by atoms with Gasteiger partial charge in [0, 0.05) is 0 Å². The van der Waals surface area contributed by atoms with Crippen LogP contribution in [0.2, 0.25) is 0 Å². The normalized spacial score (nSPS) is 9.94. The average molecular weight is 244 g/mol. The summed E-state index contributed by atoms with van der Waals surface area (Å²) >= 11 is 0. The number of benzene rings is 2. The summed E-state index contributed by atoms with van der Waals surface area (Å²) in [7, 11) is 3.22. The van der Waals surface area contributed by atoms with Crippen molar-refractivity contribution in [1.82, 2.24) is 0 Å². The van der Waals surface area contributed by atoms with Crippen molar-refractivity contribution in [2.75, 3.05) is 14.2 Å². The molecule has 3 nitrogen and oxygen atoms in total. The van der Waals surface area contributed by atoms with Gasteiger partial charge in [-0.15, -0.1) is 0 Å². The minimum Gasteiger partial charge on any atom is -0.493 e. The SMILES string of the molecule is COc1cc(C)cc(Oc2ccccc2)c1OC. The van der Waals surface area contributed by atoms with E-state index in [1.807, 2.05) is 49.4 Å². The van der Waals surface area contributed by atoms with Crippen LogP contribution in [0.15, 0.2) is 42.5 Å². The molecule has 0 saturated heterocycles.